The maximum atomic E-state index is 15.6. The van der Waals surface area contributed by atoms with Crippen LogP contribution < -0.4 is 10.1 Å². The maximum Gasteiger partial charge on any atom is 0.254 e. The van der Waals surface area contributed by atoms with Crippen LogP contribution in [0.4, 0.5) is 4.39 Å². The summed E-state index contributed by atoms with van der Waals surface area (Å²) in [6, 6.07) is 9.61. The number of aliphatic hydroxyl groups is 1. The summed E-state index contributed by atoms with van der Waals surface area (Å²) in [5.74, 6) is -0.169. The van der Waals surface area contributed by atoms with Gasteiger partial charge in [-0.25, -0.2) is 4.39 Å². The van der Waals surface area contributed by atoms with E-state index in [-0.39, 0.29) is 65.3 Å². The van der Waals surface area contributed by atoms with E-state index in [2.05, 4.69) is 10.2 Å². The summed E-state index contributed by atoms with van der Waals surface area (Å²) >= 11 is 1.10. The first-order chi connectivity index (χ1) is 22.0. The number of carbonyl (C=O) groups is 2. The number of ether oxygens (including phenoxy) is 2. The largest absolute Gasteiger partial charge is 0.457 e. The van der Waals surface area contributed by atoms with Gasteiger partial charge in [0.2, 0.25) is 5.91 Å². The van der Waals surface area contributed by atoms with Gasteiger partial charge in [0.25, 0.3) is 5.91 Å². The molecule has 46 heavy (non-hydrogen) atoms. The van der Waals surface area contributed by atoms with Gasteiger partial charge in [-0.15, -0.1) is 0 Å². The summed E-state index contributed by atoms with van der Waals surface area (Å²) in [5.41, 5.74) is 0.964. The van der Waals surface area contributed by atoms with Gasteiger partial charge in [-0.2, -0.15) is 0 Å². The number of hydrogen-bond acceptors (Lipinski definition) is 9. The minimum Gasteiger partial charge on any atom is -0.457 e. The van der Waals surface area contributed by atoms with Crippen LogP contribution in [0.3, 0.4) is 0 Å². The Hall–Kier alpha value is -3.32. The first kappa shape index (κ1) is 34.0. The van der Waals surface area contributed by atoms with Crippen molar-refractivity contribution in [3.05, 3.63) is 58.9 Å². The molecule has 5 rings (SSSR count). The Morgan fingerprint density at radius 2 is 1.89 bits per heavy atom. The van der Waals surface area contributed by atoms with Gasteiger partial charge in [0.1, 0.15) is 22.4 Å². The predicted octanol–water partition coefficient (Wildman–Crippen LogP) is 4.88. The van der Waals surface area contributed by atoms with E-state index in [0.717, 1.165) is 24.9 Å². The van der Waals surface area contributed by atoms with Crippen LogP contribution in [0, 0.1) is 34.4 Å². The van der Waals surface area contributed by atoms with Crippen LogP contribution >= 0.6 is 11.8 Å². The maximum absolute atomic E-state index is 15.6. The number of nitrogens with zero attached hydrogens (tertiary/aromatic N) is 2. The zero-order valence-electron chi connectivity index (χ0n) is 26.7. The highest BCUT2D eigenvalue weighted by Crippen LogP contribution is 2.32. The van der Waals surface area contributed by atoms with Crippen molar-refractivity contribution in [3.8, 4) is 11.5 Å². The summed E-state index contributed by atoms with van der Waals surface area (Å²) < 4.78 is 27.3. The van der Waals surface area contributed by atoms with E-state index in [4.69, 9.17) is 20.3 Å². The molecule has 0 saturated carbocycles. The molecule has 3 saturated heterocycles. The van der Waals surface area contributed by atoms with Gasteiger partial charge >= 0.3 is 0 Å². The van der Waals surface area contributed by atoms with E-state index in [9.17, 15) is 14.7 Å². The number of aliphatic hydroxyl groups excluding tert-OH is 1. The van der Waals surface area contributed by atoms with Gasteiger partial charge < -0.3 is 24.8 Å². The number of nitrogens with one attached hydrogen (secondary N) is 3. The Bertz CT molecular complexity index is 1450. The van der Waals surface area contributed by atoms with E-state index in [1.807, 2.05) is 20.8 Å². The van der Waals surface area contributed by atoms with Crippen molar-refractivity contribution in [2.45, 2.75) is 58.7 Å². The average Bonchev–Trinajstić information content (AvgIpc) is 3.64. The van der Waals surface area contributed by atoms with E-state index in [1.54, 1.807) is 29.2 Å². The summed E-state index contributed by atoms with van der Waals surface area (Å²) in [6.45, 7) is 9.28. The molecule has 3 aliphatic heterocycles. The molecule has 4 N–H and O–H groups in total. The molecule has 3 fully saturated rings. The molecule has 0 spiro atoms. The van der Waals surface area contributed by atoms with Crippen LogP contribution in [0.25, 0.3) is 0 Å². The fourth-order valence-corrected chi connectivity index (χ4v) is 6.92. The van der Waals surface area contributed by atoms with E-state index in [1.165, 1.54) is 12.1 Å². The van der Waals surface area contributed by atoms with Crippen molar-refractivity contribution in [1.82, 2.24) is 15.1 Å². The molecular formula is C34H44FN5O5S. The highest BCUT2D eigenvalue weighted by molar-refractivity contribution is 8.26. The Morgan fingerprint density at radius 3 is 2.52 bits per heavy atom. The number of rotatable bonds is 10. The molecule has 3 heterocycles. The number of hydrogen-bond donors (Lipinski definition) is 4. The molecule has 2 aromatic rings. The summed E-state index contributed by atoms with van der Waals surface area (Å²) in [4.78, 5) is 30.0. The quantitative estimate of drug-likeness (QED) is 0.212. The topological polar surface area (TPSA) is 139 Å². The third-order valence-corrected chi connectivity index (χ3v) is 10.1. The molecule has 2 amide bonds. The highest BCUT2D eigenvalue weighted by atomic mass is 32.2. The lowest BCUT2D eigenvalue weighted by molar-refractivity contribution is -0.128. The second-order valence-corrected chi connectivity index (χ2v) is 14.0. The normalized spacial score (nSPS) is 22.4. The van der Waals surface area contributed by atoms with Gasteiger partial charge in [-0.3, -0.25) is 25.3 Å². The third kappa shape index (κ3) is 8.14. The number of piperidine rings is 1. The second-order valence-electron chi connectivity index (χ2n) is 12.9. The SMILES string of the molecule is CC(C)C(=N)SC(=N)c1ccc(Oc2cc(C(=O)NC3CCN(C4COCC4CO)CC3)c(F)cc2CN2C[C@@H](C)CC2=O)cc1. The van der Waals surface area contributed by atoms with Crippen molar-refractivity contribution in [2.75, 3.05) is 39.5 Å². The zero-order valence-corrected chi connectivity index (χ0v) is 27.5. The molecule has 0 aliphatic carbocycles. The Labute approximate surface area is 274 Å². The molecule has 3 aliphatic rings. The van der Waals surface area contributed by atoms with E-state index < -0.39 is 11.7 Å². The fraction of sp³-hybridized carbons (Fsp3) is 0.529. The Kier molecular flexibility index (Phi) is 11.1. The van der Waals surface area contributed by atoms with Crippen LogP contribution in [-0.2, 0) is 16.1 Å². The molecule has 3 atom stereocenters. The number of carbonyl (C=O) groups excluding carboxylic acids is 2. The van der Waals surface area contributed by atoms with E-state index in [0.29, 0.717) is 60.9 Å². The van der Waals surface area contributed by atoms with Crippen molar-refractivity contribution in [2.24, 2.45) is 17.8 Å². The summed E-state index contributed by atoms with van der Waals surface area (Å²) in [6.07, 6.45) is 1.84. The minimum atomic E-state index is -0.681. The van der Waals surface area contributed by atoms with Gasteiger partial charge in [0, 0.05) is 74.3 Å². The molecule has 12 heteroatoms. The van der Waals surface area contributed by atoms with Gasteiger partial charge in [-0.1, -0.05) is 32.5 Å². The number of halogens is 1. The number of likely N-dealkylation sites (tertiary alicyclic amines) is 2. The smallest absolute Gasteiger partial charge is 0.254 e. The predicted molar refractivity (Wildman–Crippen MR) is 176 cm³/mol. The van der Waals surface area contributed by atoms with Crippen molar-refractivity contribution >= 4 is 33.7 Å². The summed E-state index contributed by atoms with van der Waals surface area (Å²) in [7, 11) is 0. The first-order valence-electron chi connectivity index (χ1n) is 16.0. The molecule has 0 radical (unpaired) electrons. The summed E-state index contributed by atoms with van der Waals surface area (Å²) in [5, 5.41) is 29.7. The molecular weight excluding hydrogens is 609 g/mol. The molecule has 2 aromatic carbocycles. The van der Waals surface area contributed by atoms with Gasteiger partial charge in [-0.05, 0) is 55.2 Å². The van der Waals surface area contributed by atoms with Crippen LogP contribution in [0.1, 0.15) is 61.5 Å². The minimum absolute atomic E-state index is 0.00572. The molecule has 10 nitrogen and oxygen atoms in total. The van der Waals surface area contributed by atoms with Crippen LogP contribution in [0.5, 0.6) is 11.5 Å². The second kappa shape index (κ2) is 15.1. The number of thioether (sulfide) groups is 1. The monoisotopic (exact) mass is 653 g/mol. The first-order valence-corrected chi connectivity index (χ1v) is 16.8. The molecule has 248 valence electrons. The van der Waals surface area contributed by atoms with Crippen molar-refractivity contribution in [3.63, 3.8) is 0 Å². The zero-order chi connectivity index (χ0) is 33.0. The Morgan fingerprint density at radius 1 is 1.17 bits per heavy atom. The lowest BCUT2D eigenvalue weighted by Gasteiger charge is -2.37. The third-order valence-electron chi connectivity index (χ3n) is 8.98. The van der Waals surface area contributed by atoms with Crippen molar-refractivity contribution in [1.29, 1.82) is 10.8 Å². The lowest BCUT2D eigenvalue weighted by Crippen LogP contribution is -2.50. The number of amides is 2. The van der Waals surface area contributed by atoms with Crippen molar-refractivity contribution < 1.29 is 28.6 Å². The van der Waals surface area contributed by atoms with Crippen LogP contribution in [0.15, 0.2) is 36.4 Å². The van der Waals surface area contributed by atoms with Crippen LogP contribution in [-0.4, -0.2) is 88.3 Å². The average molecular weight is 654 g/mol. The molecule has 2 unspecified atom stereocenters. The molecule has 0 aromatic heterocycles. The molecule has 0 bridgehead atoms. The number of benzene rings is 2. The fourth-order valence-electron chi connectivity index (χ4n) is 6.21. The highest BCUT2D eigenvalue weighted by Gasteiger charge is 2.35. The lowest BCUT2D eigenvalue weighted by atomic mass is 9.97. The van der Waals surface area contributed by atoms with Gasteiger partial charge in [0.15, 0.2) is 0 Å². The standard InChI is InChI=1S/C34H44FN5O5S/c1-20(2)32(36)46-33(37)22-4-6-26(7-5-22)45-30-14-27(28(35)13-23(30)16-40-15-21(3)12-31(40)42)34(43)38-25-8-10-39(11-9-25)29-19-44-18-24(29)17-41/h4-7,13-14,20-21,24-25,29,36-37,41H,8-12,15-19H2,1-3H3,(H,38,43)/t21-,24?,29?/m0/s1. The Balaban J connectivity index is 1.31. The van der Waals surface area contributed by atoms with E-state index >= 15 is 4.39 Å². The van der Waals surface area contributed by atoms with Crippen LogP contribution in [0.2, 0.25) is 0 Å². The van der Waals surface area contributed by atoms with Gasteiger partial charge in [0.05, 0.1) is 23.8 Å².